The van der Waals surface area contributed by atoms with E-state index in [1.807, 2.05) is 13.8 Å². The lowest BCUT2D eigenvalue weighted by Gasteiger charge is -2.47. The van der Waals surface area contributed by atoms with Crippen LogP contribution in [0, 0.1) is 5.92 Å². The first-order chi connectivity index (χ1) is 7.83. The van der Waals surface area contributed by atoms with E-state index < -0.39 is 5.60 Å². The van der Waals surface area contributed by atoms with Gasteiger partial charge in [-0.25, -0.2) is 0 Å². The third-order valence-corrected chi connectivity index (χ3v) is 4.51. The van der Waals surface area contributed by atoms with Crippen LogP contribution in [0.5, 0.6) is 0 Å². The predicted molar refractivity (Wildman–Crippen MR) is 68.9 cm³/mol. The molecule has 2 rings (SSSR count). The molecule has 2 heteroatoms. The molecule has 2 unspecified atom stereocenters. The number of carbonyl (C=O) groups excluding carboxylic acids is 1. The molecule has 0 radical (unpaired) electrons. The summed E-state index contributed by atoms with van der Waals surface area (Å²) in [6.07, 6.45) is 7.37. The second kappa shape index (κ2) is 4.24. The second-order valence-corrected chi connectivity index (χ2v) is 6.37. The number of hydrogen-bond acceptors (Lipinski definition) is 2. The van der Waals surface area contributed by atoms with Gasteiger partial charge in [0.25, 0.3) is 0 Å². The molecule has 0 saturated carbocycles. The molecule has 1 aliphatic heterocycles. The molecule has 0 spiro atoms. The number of allylic oxidation sites excluding steroid dienone is 2. The molecule has 17 heavy (non-hydrogen) atoms. The maximum atomic E-state index is 11.8. The average molecular weight is 236 g/mol. The van der Waals surface area contributed by atoms with Gasteiger partial charge in [-0.3, -0.25) is 4.79 Å². The molecule has 1 heterocycles. The molecule has 0 amide bonds. The van der Waals surface area contributed by atoms with Crippen molar-refractivity contribution in [3.8, 4) is 0 Å². The fraction of sp³-hybridized carbons (Fsp3) is 0.800. The molecule has 1 saturated heterocycles. The summed E-state index contributed by atoms with van der Waals surface area (Å²) in [5, 5.41) is 0. The maximum absolute atomic E-state index is 11.8. The number of rotatable bonds is 1. The quantitative estimate of drug-likeness (QED) is 0.650. The Balaban J connectivity index is 2.12. The van der Waals surface area contributed by atoms with E-state index >= 15 is 0 Å². The van der Waals surface area contributed by atoms with E-state index in [9.17, 15) is 4.79 Å². The fourth-order valence-electron chi connectivity index (χ4n) is 3.16. The molecule has 0 aromatic carbocycles. The lowest BCUT2D eigenvalue weighted by Crippen LogP contribution is -2.53. The minimum absolute atomic E-state index is 0.116. The van der Waals surface area contributed by atoms with Crippen LogP contribution in [0.4, 0.5) is 0 Å². The van der Waals surface area contributed by atoms with Crippen molar-refractivity contribution in [2.75, 3.05) is 0 Å². The van der Waals surface area contributed by atoms with Crippen molar-refractivity contribution in [1.82, 2.24) is 0 Å². The van der Waals surface area contributed by atoms with E-state index in [1.54, 1.807) is 0 Å². The first kappa shape index (κ1) is 12.8. The molecule has 0 aromatic heterocycles. The summed E-state index contributed by atoms with van der Waals surface area (Å²) in [4.78, 5) is 11.8. The van der Waals surface area contributed by atoms with Crippen LogP contribution in [-0.4, -0.2) is 17.0 Å². The van der Waals surface area contributed by atoms with Crippen LogP contribution >= 0.6 is 0 Å². The molecule has 2 aliphatic rings. The van der Waals surface area contributed by atoms with Crippen molar-refractivity contribution >= 4 is 5.78 Å². The molecule has 0 N–H and O–H groups in total. The highest BCUT2D eigenvalue weighted by Crippen LogP contribution is 2.43. The van der Waals surface area contributed by atoms with E-state index in [-0.39, 0.29) is 11.4 Å². The third kappa shape index (κ3) is 2.47. The molecule has 96 valence electrons. The summed E-state index contributed by atoms with van der Waals surface area (Å²) in [5.41, 5.74) is 0.786. The van der Waals surface area contributed by atoms with Crippen molar-refractivity contribution < 1.29 is 9.53 Å². The zero-order chi connectivity index (χ0) is 12.7. The van der Waals surface area contributed by atoms with Crippen LogP contribution in [0.2, 0.25) is 0 Å². The Labute approximate surface area is 104 Å². The van der Waals surface area contributed by atoms with Gasteiger partial charge in [-0.2, -0.15) is 0 Å². The monoisotopic (exact) mass is 236 g/mol. The van der Waals surface area contributed by atoms with Crippen molar-refractivity contribution in [2.45, 2.75) is 71.0 Å². The Kier molecular flexibility index (Phi) is 3.19. The molecule has 1 aliphatic carbocycles. The SMILES string of the molecule is CC1=CCC(C2(C)CCC(=O)C(C)(C)O2)CC1. The van der Waals surface area contributed by atoms with Crippen LogP contribution in [0.1, 0.15) is 59.8 Å². The van der Waals surface area contributed by atoms with E-state index in [4.69, 9.17) is 4.74 Å². The van der Waals surface area contributed by atoms with Gasteiger partial charge >= 0.3 is 0 Å². The van der Waals surface area contributed by atoms with Crippen LogP contribution in [0.3, 0.4) is 0 Å². The summed E-state index contributed by atoms with van der Waals surface area (Å²) in [5.74, 6) is 0.816. The van der Waals surface area contributed by atoms with Gasteiger partial charge in [-0.1, -0.05) is 11.6 Å². The molecular weight excluding hydrogens is 212 g/mol. The van der Waals surface area contributed by atoms with E-state index in [1.165, 1.54) is 18.4 Å². The lowest BCUT2D eigenvalue weighted by molar-refractivity contribution is -0.194. The number of ketones is 1. The maximum Gasteiger partial charge on any atom is 0.164 e. The Morgan fingerprint density at radius 1 is 1.29 bits per heavy atom. The second-order valence-electron chi connectivity index (χ2n) is 6.37. The van der Waals surface area contributed by atoms with Crippen molar-refractivity contribution in [2.24, 2.45) is 5.92 Å². The van der Waals surface area contributed by atoms with E-state index in [0.717, 1.165) is 12.8 Å². The first-order valence-electron chi connectivity index (χ1n) is 6.73. The van der Waals surface area contributed by atoms with Crippen LogP contribution < -0.4 is 0 Å². The highest BCUT2D eigenvalue weighted by atomic mass is 16.5. The summed E-state index contributed by atoms with van der Waals surface area (Å²) < 4.78 is 6.17. The minimum atomic E-state index is -0.594. The minimum Gasteiger partial charge on any atom is -0.361 e. The Hall–Kier alpha value is -0.630. The number of Topliss-reactive ketones (excluding diaryl/α,β-unsaturated/α-hetero) is 1. The van der Waals surface area contributed by atoms with Gasteiger partial charge in [0.05, 0.1) is 5.60 Å². The number of carbonyl (C=O) groups is 1. The largest absolute Gasteiger partial charge is 0.361 e. The van der Waals surface area contributed by atoms with Gasteiger partial charge in [0.2, 0.25) is 0 Å². The van der Waals surface area contributed by atoms with Crippen LogP contribution in [-0.2, 0) is 9.53 Å². The zero-order valence-electron chi connectivity index (χ0n) is 11.5. The first-order valence-corrected chi connectivity index (χ1v) is 6.73. The molecule has 1 fully saturated rings. The molecule has 0 bridgehead atoms. The van der Waals surface area contributed by atoms with Crippen molar-refractivity contribution in [1.29, 1.82) is 0 Å². The Morgan fingerprint density at radius 2 is 2.00 bits per heavy atom. The average Bonchev–Trinajstić information content (AvgIpc) is 2.24. The normalized spacial score (nSPS) is 37.8. The van der Waals surface area contributed by atoms with Gasteiger partial charge < -0.3 is 4.74 Å². The van der Waals surface area contributed by atoms with Crippen molar-refractivity contribution in [3.05, 3.63) is 11.6 Å². The smallest absolute Gasteiger partial charge is 0.164 e. The van der Waals surface area contributed by atoms with Gasteiger partial charge in [0.1, 0.15) is 5.60 Å². The Bertz CT molecular complexity index is 354. The lowest BCUT2D eigenvalue weighted by atomic mass is 9.73. The summed E-state index contributed by atoms with van der Waals surface area (Å²) in [6, 6.07) is 0. The van der Waals surface area contributed by atoms with E-state index in [0.29, 0.717) is 12.3 Å². The highest BCUT2D eigenvalue weighted by Gasteiger charge is 2.46. The summed E-state index contributed by atoms with van der Waals surface area (Å²) in [6.45, 7) is 8.22. The Morgan fingerprint density at radius 3 is 2.53 bits per heavy atom. The summed E-state index contributed by atoms with van der Waals surface area (Å²) >= 11 is 0. The molecular formula is C15H24O2. The third-order valence-electron chi connectivity index (χ3n) is 4.51. The van der Waals surface area contributed by atoms with Crippen LogP contribution in [0.15, 0.2) is 11.6 Å². The highest BCUT2D eigenvalue weighted by molar-refractivity contribution is 5.87. The fourth-order valence-corrected chi connectivity index (χ4v) is 3.16. The zero-order valence-corrected chi connectivity index (χ0v) is 11.5. The molecule has 0 aromatic rings. The van der Waals surface area contributed by atoms with Gasteiger partial charge in [0.15, 0.2) is 5.78 Å². The molecule has 2 nitrogen and oxygen atoms in total. The van der Waals surface area contributed by atoms with E-state index in [2.05, 4.69) is 19.9 Å². The van der Waals surface area contributed by atoms with Crippen molar-refractivity contribution in [3.63, 3.8) is 0 Å². The van der Waals surface area contributed by atoms with Crippen LogP contribution in [0.25, 0.3) is 0 Å². The van der Waals surface area contributed by atoms with Gasteiger partial charge in [-0.15, -0.1) is 0 Å². The predicted octanol–water partition coefficient (Wildman–Crippen LogP) is 3.65. The number of hydrogen-bond donors (Lipinski definition) is 0. The van der Waals surface area contributed by atoms with Gasteiger partial charge in [0, 0.05) is 6.42 Å². The standard InChI is InChI=1S/C15H24O2/c1-11-5-7-12(8-6-11)15(4)10-9-13(16)14(2,3)17-15/h5,12H,6-10H2,1-4H3. The molecule has 2 atom stereocenters. The van der Waals surface area contributed by atoms with Gasteiger partial charge in [-0.05, 0) is 59.3 Å². The topological polar surface area (TPSA) is 26.3 Å². The number of ether oxygens (including phenoxy) is 1. The summed E-state index contributed by atoms with van der Waals surface area (Å²) in [7, 11) is 0.